The predicted molar refractivity (Wildman–Crippen MR) is 56.2 cm³/mol. The van der Waals surface area contributed by atoms with Crippen LogP contribution in [0.5, 0.6) is 5.75 Å². The van der Waals surface area contributed by atoms with Crippen molar-refractivity contribution in [3.8, 4) is 5.75 Å². The molecule has 1 aromatic rings. The maximum atomic E-state index is 9.72. The average Bonchev–Trinajstić information content (AvgIpc) is 2.26. The van der Waals surface area contributed by atoms with E-state index in [2.05, 4.69) is 0 Å². The van der Waals surface area contributed by atoms with E-state index in [9.17, 15) is 5.11 Å². The summed E-state index contributed by atoms with van der Waals surface area (Å²) in [6.45, 7) is 0.618. The monoisotopic (exact) mass is 195 g/mol. The number of aliphatic hydroxyl groups excluding tert-OH is 1. The van der Waals surface area contributed by atoms with Gasteiger partial charge in [0.25, 0.3) is 0 Å². The lowest BCUT2D eigenvalue weighted by Gasteiger charge is -2.10. The van der Waals surface area contributed by atoms with Crippen LogP contribution in [0, 0.1) is 0 Å². The first-order valence-electron chi connectivity index (χ1n) is 4.80. The molecule has 0 saturated carbocycles. The van der Waals surface area contributed by atoms with E-state index in [0.717, 1.165) is 17.7 Å². The molecule has 0 radical (unpaired) electrons. The van der Waals surface area contributed by atoms with Crippen LogP contribution in [0.2, 0.25) is 0 Å². The Kier molecular flexibility index (Phi) is 4.43. The van der Waals surface area contributed by atoms with Gasteiger partial charge in [0.1, 0.15) is 5.75 Å². The molecule has 1 rings (SSSR count). The van der Waals surface area contributed by atoms with E-state index in [1.54, 1.807) is 7.11 Å². The normalized spacial score (nSPS) is 12.5. The number of hydrogen-bond acceptors (Lipinski definition) is 3. The molecule has 1 aromatic carbocycles. The van der Waals surface area contributed by atoms with E-state index in [1.165, 1.54) is 0 Å². The fourth-order valence-electron chi connectivity index (χ4n) is 1.30. The van der Waals surface area contributed by atoms with Crippen LogP contribution < -0.4 is 10.5 Å². The highest BCUT2D eigenvalue weighted by Gasteiger charge is 2.06. The van der Waals surface area contributed by atoms with Crippen LogP contribution in [0.15, 0.2) is 24.3 Å². The van der Waals surface area contributed by atoms with Gasteiger partial charge in [-0.1, -0.05) is 12.1 Å². The van der Waals surface area contributed by atoms with Crippen molar-refractivity contribution in [3.63, 3.8) is 0 Å². The molecule has 3 N–H and O–H groups in total. The van der Waals surface area contributed by atoms with Crippen molar-refractivity contribution < 1.29 is 9.84 Å². The van der Waals surface area contributed by atoms with E-state index in [1.807, 2.05) is 24.3 Å². The third kappa shape index (κ3) is 3.01. The fourth-order valence-corrected chi connectivity index (χ4v) is 1.30. The first-order valence-corrected chi connectivity index (χ1v) is 4.80. The van der Waals surface area contributed by atoms with Gasteiger partial charge >= 0.3 is 0 Å². The molecular formula is C11H17NO2. The van der Waals surface area contributed by atoms with Gasteiger partial charge in [-0.15, -0.1) is 0 Å². The van der Waals surface area contributed by atoms with Crippen molar-refractivity contribution in [2.75, 3.05) is 13.7 Å². The Labute approximate surface area is 84.5 Å². The van der Waals surface area contributed by atoms with Gasteiger partial charge < -0.3 is 15.6 Å². The molecule has 0 aliphatic heterocycles. The topological polar surface area (TPSA) is 55.5 Å². The van der Waals surface area contributed by atoms with Crippen LogP contribution in [0.1, 0.15) is 24.5 Å². The number of aliphatic hydroxyl groups is 1. The predicted octanol–water partition coefficient (Wildman–Crippen LogP) is 1.47. The summed E-state index contributed by atoms with van der Waals surface area (Å²) in [5.74, 6) is 0.805. The van der Waals surface area contributed by atoms with Gasteiger partial charge in [0.2, 0.25) is 0 Å². The van der Waals surface area contributed by atoms with Crippen LogP contribution in [0.4, 0.5) is 0 Å². The fraction of sp³-hybridized carbons (Fsp3) is 0.455. The number of nitrogens with two attached hydrogens (primary N) is 1. The van der Waals surface area contributed by atoms with Gasteiger partial charge in [-0.2, -0.15) is 0 Å². The lowest BCUT2D eigenvalue weighted by Crippen LogP contribution is -2.03. The first kappa shape index (κ1) is 11.0. The lowest BCUT2D eigenvalue weighted by atomic mass is 10.1. The van der Waals surface area contributed by atoms with Crippen LogP contribution >= 0.6 is 0 Å². The SMILES string of the molecule is COc1ccc([C@@H](O)CCCN)cc1. The summed E-state index contributed by atoms with van der Waals surface area (Å²) in [7, 11) is 1.62. The van der Waals surface area contributed by atoms with Crippen molar-refractivity contribution in [1.29, 1.82) is 0 Å². The van der Waals surface area contributed by atoms with E-state index >= 15 is 0 Å². The van der Waals surface area contributed by atoms with Crippen molar-refractivity contribution in [2.45, 2.75) is 18.9 Å². The summed E-state index contributed by atoms with van der Waals surface area (Å²) in [4.78, 5) is 0. The molecule has 78 valence electrons. The molecule has 0 fully saturated rings. The highest BCUT2D eigenvalue weighted by atomic mass is 16.5. The highest BCUT2D eigenvalue weighted by Crippen LogP contribution is 2.20. The molecule has 0 unspecified atom stereocenters. The summed E-state index contributed by atoms with van der Waals surface area (Å²) in [6.07, 6.45) is 1.14. The zero-order valence-corrected chi connectivity index (χ0v) is 8.44. The number of benzene rings is 1. The molecule has 1 atom stereocenters. The quantitative estimate of drug-likeness (QED) is 0.748. The Morgan fingerprint density at radius 3 is 2.50 bits per heavy atom. The first-order chi connectivity index (χ1) is 6.77. The standard InChI is InChI=1S/C11H17NO2/c1-14-10-6-4-9(5-7-10)11(13)3-2-8-12/h4-7,11,13H,2-3,8,12H2,1H3/t11-/m0/s1. The molecule has 0 amide bonds. The second-order valence-corrected chi connectivity index (χ2v) is 3.22. The van der Waals surface area contributed by atoms with Gasteiger partial charge in [0.05, 0.1) is 13.2 Å². The average molecular weight is 195 g/mol. The van der Waals surface area contributed by atoms with Crippen LogP contribution in [0.3, 0.4) is 0 Å². The van der Waals surface area contributed by atoms with Crippen molar-refractivity contribution in [1.82, 2.24) is 0 Å². The molecule has 0 aliphatic rings. The number of methoxy groups -OCH3 is 1. The Morgan fingerprint density at radius 1 is 1.36 bits per heavy atom. The summed E-state index contributed by atoms with van der Waals surface area (Å²) >= 11 is 0. The van der Waals surface area contributed by atoms with Crippen LogP contribution in [-0.2, 0) is 0 Å². The van der Waals surface area contributed by atoms with Gasteiger partial charge in [-0.3, -0.25) is 0 Å². The third-order valence-electron chi connectivity index (χ3n) is 2.18. The summed E-state index contributed by atoms with van der Waals surface area (Å²) in [6, 6.07) is 7.45. The molecule has 14 heavy (non-hydrogen) atoms. The van der Waals surface area contributed by atoms with Crippen molar-refractivity contribution >= 4 is 0 Å². The van der Waals surface area contributed by atoms with Crippen LogP contribution in [0.25, 0.3) is 0 Å². The van der Waals surface area contributed by atoms with Crippen LogP contribution in [-0.4, -0.2) is 18.8 Å². The number of ether oxygens (including phenoxy) is 1. The summed E-state index contributed by atoms with van der Waals surface area (Å²) < 4.78 is 5.03. The number of rotatable bonds is 5. The van der Waals surface area contributed by atoms with E-state index in [4.69, 9.17) is 10.5 Å². The van der Waals surface area contributed by atoms with E-state index in [0.29, 0.717) is 13.0 Å². The Balaban J connectivity index is 2.57. The second kappa shape index (κ2) is 5.62. The highest BCUT2D eigenvalue weighted by molar-refractivity contribution is 5.28. The molecule has 0 saturated heterocycles. The third-order valence-corrected chi connectivity index (χ3v) is 2.18. The minimum Gasteiger partial charge on any atom is -0.497 e. The van der Waals surface area contributed by atoms with Crippen molar-refractivity contribution in [2.24, 2.45) is 5.73 Å². The minimum atomic E-state index is -0.413. The maximum absolute atomic E-state index is 9.72. The van der Waals surface area contributed by atoms with Gasteiger partial charge in [-0.25, -0.2) is 0 Å². The minimum absolute atomic E-state index is 0.413. The largest absolute Gasteiger partial charge is 0.497 e. The molecule has 0 spiro atoms. The molecule has 0 aliphatic carbocycles. The molecule has 0 heterocycles. The lowest BCUT2D eigenvalue weighted by molar-refractivity contribution is 0.165. The molecule has 0 aromatic heterocycles. The van der Waals surface area contributed by atoms with E-state index < -0.39 is 6.10 Å². The maximum Gasteiger partial charge on any atom is 0.118 e. The van der Waals surface area contributed by atoms with E-state index in [-0.39, 0.29) is 0 Å². The van der Waals surface area contributed by atoms with Gasteiger partial charge in [0, 0.05) is 0 Å². The molecule has 3 nitrogen and oxygen atoms in total. The Hall–Kier alpha value is -1.06. The van der Waals surface area contributed by atoms with Crippen molar-refractivity contribution in [3.05, 3.63) is 29.8 Å². The second-order valence-electron chi connectivity index (χ2n) is 3.22. The Bertz CT molecular complexity index is 258. The summed E-state index contributed by atoms with van der Waals surface area (Å²) in [5, 5.41) is 9.72. The molecular weight excluding hydrogens is 178 g/mol. The van der Waals surface area contributed by atoms with Gasteiger partial charge in [0.15, 0.2) is 0 Å². The molecule has 3 heteroatoms. The molecule has 0 bridgehead atoms. The summed E-state index contributed by atoms with van der Waals surface area (Å²) in [5.41, 5.74) is 6.29. The number of hydrogen-bond donors (Lipinski definition) is 2. The Morgan fingerprint density at radius 2 is 2.00 bits per heavy atom. The zero-order chi connectivity index (χ0) is 10.4. The smallest absolute Gasteiger partial charge is 0.118 e. The zero-order valence-electron chi connectivity index (χ0n) is 8.44. The van der Waals surface area contributed by atoms with Gasteiger partial charge in [-0.05, 0) is 37.1 Å².